The monoisotopic (exact) mass is 407 g/mol. The summed E-state index contributed by atoms with van der Waals surface area (Å²) in [7, 11) is 0. The SMILES string of the molecule is C=[N+]=C(/C=C(\Nc1ccc(C(=O)Nc2ccncc2)cn1)C(F)F)c1cccnc1. The van der Waals surface area contributed by atoms with Gasteiger partial charge in [-0.1, -0.05) is 0 Å². The highest BCUT2D eigenvalue weighted by Crippen LogP contribution is 2.15. The zero-order valence-corrected chi connectivity index (χ0v) is 15.7. The van der Waals surface area contributed by atoms with E-state index in [9.17, 15) is 13.6 Å². The van der Waals surface area contributed by atoms with Gasteiger partial charge >= 0.3 is 5.71 Å². The van der Waals surface area contributed by atoms with Crippen LogP contribution in [0.15, 0.2) is 79.2 Å². The number of carbonyl (C=O) groups is 1. The lowest BCUT2D eigenvalue weighted by Gasteiger charge is -2.09. The Labute approximate surface area is 171 Å². The molecule has 0 unspecified atom stereocenters. The molecule has 3 rings (SSSR count). The second-order valence-corrected chi connectivity index (χ2v) is 5.93. The van der Waals surface area contributed by atoms with Crippen molar-refractivity contribution in [2.24, 2.45) is 0 Å². The molecule has 150 valence electrons. The number of allylic oxidation sites excluding steroid dienone is 2. The maximum atomic E-state index is 13.5. The highest BCUT2D eigenvalue weighted by atomic mass is 19.3. The number of alkyl halides is 2. The van der Waals surface area contributed by atoms with E-state index >= 15 is 0 Å². The van der Waals surface area contributed by atoms with E-state index in [1.165, 1.54) is 30.6 Å². The smallest absolute Gasteiger partial charge is 0.336 e. The molecule has 0 radical (unpaired) electrons. The number of rotatable bonds is 7. The van der Waals surface area contributed by atoms with Crippen molar-refractivity contribution in [3.8, 4) is 0 Å². The van der Waals surface area contributed by atoms with Gasteiger partial charge in [0.2, 0.25) is 0 Å². The van der Waals surface area contributed by atoms with Crippen molar-refractivity contribution in [3.63, 3.8) is 0 Å². The summed E-state index contributed by atoms with van der Waals surface area (Å²) < 4.78 is 30.9. The van der Waals surface area contributed by atoms with Crippen molar-refractivity contribution in [2.45, 2.75) is 6.43 Å². The standard InChI is InChI=1S/C21H16F2N6O/c1-24-17(14-3-2-8-26-12-14)11-18(20(22)23)29-19-5-4-15(13-27-19)21(30)28-16-6-9-25-10-7-16/h2-13,20H,1H2,(H,25,28,30)/p+1. The minimum Gasteiger partial charge on any atom is -0.339 e. The third kappa shape index (κ3) is 5.40. The van der Waals surface area contributed by atoms with Crippen molar-refractivity contribution in [1.29, 1.82) is 0 Å². The molecule has 0 aromatic carbocycles. The fraction of sp³-hybridized carbons (Fsp3) is 0.0476. The van der Waals surface area contributed by atoms with Gasteiger partial charge in [-0.25, -0.2) is 13.8 Å². The predicted molar refractivity (Wildman–Crippen MR) is 112 cm³/mol. The zero-order valence-electron chi connectivity index (χ0n) is 15.7. The molecule has 3 heterocycles. The molecular formula is C21H17F2N6O+. The van der Waals surface area contributed by atoms with Crippen LogP contribution in [0, 0.1) is 0 Å². The van der Waals surface area contributed by atoms with Crippen molar-refractivity contribution < 1.29 is 13.6 Å². The maximum Gasteiger partial charge on any atom is 0.336 e. The quantitative estimate of drug-likeness (QED) is 0.464. The molecule has 0 atom stereocenters. The Bertz CT molecular complexity index is 1080. The third-order valence-corrected chi connectivity index (χ3v) is 3.89. The highest BCUT2D eigenvalue weighted by Gasteiger charge is 2.18. The van der Waals surface area contributed by atoms with Crippen LogP contribution in [0.1, 0.15) is 15.9 Å². The average Bonchev–Trinajstić information content (AvgIpc) is 2.78. The van der Waals surface area contributed by atoms with Crippen LogP contribution in [0.3, 0.4) is 0 Å². The van der Waals surface area contributed by atoms with Gasteiger partial charge in [-0.05, 0) is 36.4 Å². The van der Waals surface area contributed by atoms with Crippen LogP contribution in [0.2, 0.25) is 0 Å². The van der Waals surface area contributed by atoms with E-state index in [1.807, 2.05) is 0 Å². The minimum atomic E-state index is -2.81. The van der Waals surface area contributed by atoms with E-state index in [0.29, 0.717) is 11.3 Å². The number of halogens is 2. The molecule has 3 aromatic rings. The molecule has 0 fully saturated rings. The van der Waals surface area contributed by atoms with Crippen molar-refractivity contribution in [2.75, 3.05) is 10.6 Å². The van der Waals surface area contributed by atoms with E-state index in [1.54, 1.807) is 42.9 Å². The van der Waals surface area contributed by atoms with Crippen LogP contribution in [-0.2, 0) is 0 Å². The Morgan fingerprint density at radius 3 is 2.40 bits per heavy atom. The van der Waals surface area contributed by atoms with E-state index in [-0.39, 0.29) is 23.0 Å². The summed E-state index contributed by atoms with van der Waals surface area (Å²) in [5, 5.41) is 5.25. The molecule has 9 heteroatoms. The van der Waals surface area contributed by atoms with Gasteiger partial charge in [0.25, 0.3) is 19.1 Å². The predicted octanol–water partition coefficient (Wildman–Crippen LogP) is 2.94. The van der Waals surface area contributed by atoms with E-state index in [4.69, 9.17) is 0 Å². The van der Waals surface area contributed by atoms with Gasteiger partial charge in [0.05, 0.1) is 22.9 Å². The Morgan fingerprint density at radius 1 is 1.00 bits per heavy atom. The molecule has 0 aliphatic carbocycles. The summed E-state index contributed by atoms with van der Waals surface area (Å²) in [5.41, 5.74) is 1.22. The molecule has 0 aliphatic rings. The molecule has 3 aromatic heterocycles. The molecule has 7 nitrogen and oxygen atoms in total. The topological polar surface area (TPSA) is 93.9 Å². The molecule has 0 bridgehead atoms. The number of hydrogen-bond donors (Lipinski definition) is 2. The molecular weight excluding hydrogens is 390 g/mol. The first-order valence-electron chi connectivity index (χ1n) is 8.75. The Morgan fingerprint density at radius 2 is 1.80 bits per heavy atom. The summed E-state index contributed by atoms with van der Waals surface area (Å²) in [6, 6.07) is 9.55. The fourth-order valence-electron chi connectivity index (χ4n) is 2.42. The molecule has 0 spiro atoms. The van der Waals surface area contributed by atoms with Crippen LogP contribution in [-0.4, -0.2) is 39.7 Å². The number of hydrogen-bond acceptors (Lipinski definition) is 5. The van der Waals surface area contributed by atoms with Crippen molar-refractivity contribution >= 4 is 29.8 Å². The van der Waals surface area contributed by atoms with Gasteiger partial charge in [0.15, 0.2) is 0 Å². The van der Waals surface area contributed by atoms with Crippen LogP contribution in [0.5, 0.6) is 0 Å². The van der Waals surface area contributed by atoms with Crippen molar-refractivity contribution in [1.82, 2.24) is 19.6 Å². The summed E-state index contributed by atoms with van der Waals surface area (Å²) >= 11 is 0. The zero-order chi connectivity index (χ0) is 21.3. The van der Waals surface area contributed by atoms with Crippen LogP contribution in [0.25, 0.3) is 0 Å². The lowest BCUT2D eigenvalue weighted by molar-refractivity contribution is 0.102. The van der Waals surface area contributed by atoms with Gasteiger partial charge in [-0.3, -0.25) is 14.8 Å². The molecule has 0 aliphatic heterocycles. The second-order valence-electron chi connectivity index (χ2n) is 5.93. The molecule has 0 saturated carbocycles. The minimum absolute atomic E-state index is 0.150. The molecule has 2 N–H and O–H groups in total. The number of anilines is 2. The van der Waals surface area contributed by atoms with Crippen LogP contribution < -0.4 is 15.3 Å². The number of amides is 1. The Balaban J connectivity index is 1.75. The second kappa shape index (κ2) is 9.81. The van der Waals surface area contributed by atoms with Gasteiger partial charge in [0, 0.05) is 36.7 Å². The summed E-state index contributed by atoms with van der Waals surface area (Å²) in [4.78, 5) is 24.1. The molecule has 0 saturated heterocycles. The first-order chi connectivity index (χ1) is 14.6. The van der Waals surface area contributed by atoms with Gasteiger partial charge in [-0.2, -0.15) is 0 Å². The van der Waals surface area contributed by atoms with Gasteiger partial charge in [0.1, 0.15) is 5.82 Å². The van der Waals surface area contributed by atoms with Crippen LogP contribution >= 0.6 is 0 Å². The number of pyridine rings is 3. The average molecular weight is 407 g/mol. The van der Waals surface area contributed by atoms with E-state index in [2.05, 4.69) is 37.0 Å². The highest BCUT2D eigenvalue weighted by molar-refractivity contribution is 6.08. The molecule has 1 amide bonds. The molecule has 30 heavy (non-hydrogen) atoms. The van der Waals surface area contributed by atoms with Gasteiger partial charge in [-0.15, -0.1) is 4.67 Å². The van der Waals surface area contributed by atoms with Crippen LogP contribution in [0.4, 0.5) is 20.3 Å². The lowest BCUT2D eigenvalue weighted by atomic mass is 10.1. The van der Waals surface area contributed by atoms with E-state index in [0.717, 1.165) is 0 Å². The number of nitrogens with one attached hydrogen (secondary N) is 2. The number of aromatic nitrogens is 3. The van der Waals surface area contributed by atoms with E-state index < -0.39 is 12.1 Å². The van der Waals surface area contributed by atoms with Gasteiger partial charge < -0.3 is 10.6 Å². The Kier molecular flexibility index (Phi) is 6.70. The Hall–Kier alpha value is -4.23. The summed E-state index contributed by atoms with van der Waals surface area (Å²) in [6.45, 7) is 3.43. The number of nitrogens with zero attached hydrogens (tertiary/aromatic N) is 4. The fourth-order valence-corrected chi connectivity index (χ4v) is 2.42. The summed E-state index contributed by atoms with van der Waals surface area (Å²) in [6.07, 6.45) is 5.82. The normalized spacial score (nSPS) is 11.0. The largest absolute Gasteiger partial charge is 0.339 e. The maximum absolute atomic E-state index is 13.5. The lowest BCUT2D eigenvalue weighted by Crippen LogP contribution is -2.15. The number of carbonyl (C=O) groups excluding carboxylic acids is 1. The van der Waals surface area contributed by atoms with Crippen molar-refractivity contribution in [3.05, 3.63) is 90.3 Å². The summed E-state index contributed by atoms with van der Waals surface area (Å²) in [5.74, 6) is -0.232. The third-order valence-electron chi connectivity index (χ3n) is 3.89. The first kappa shape index (κ1) is 20.5. The first-order valence-corrected chi connectivity index (χ1v) is 8.75.